The normalized spacial score (nSPS) is 12.3. The van der Waals surface area contributed by atoms with Crippen molar-refractivity contribution in [2.45, 2.75) is 20.8 Å². The van der Waals surface area contributed by atoms with Gasteiger partial charge in [0.05, 0.1) is 5.41 Å². The standard InChI is InChI=1S/C7H13NO/c1-4-5-7(2,3)6(8)9/h4-5H,1-3H3,(H2,8,9)/b5-4+. The molecule has 0 saturated heterocycles. The summed E-state index contributed by atoms with van der Waals surface area (Å²) in [5, 5.41) is 0. The van der Waals surface area contributed by atoms with Gasteiger partial charge in [0.2, 0.25) is 5.91 Å². The average molecular weight is 127 g/mol. The highest BCUT2D eigenvalue weighted by Crippen LogP contribution is 2.14. The summed E-state index contributed by atoms with van der Waals surface area (Å²) in [5.74, 6) is -0.291. The van der Waals surface area contributed by atoms with Crippen molar-refractivity contribution in [2.75, 3.05) is 0 Å². The predicted molar refractivity (Wildman–Crippen MR) is 37.8 cm³/mol. The monoisotopic (exact) mass is 127 g/mol. The number of primary amides is 1. The number of amides is 1. The van der Waals surface area contributed by atoms with Gasteiger partial charge in [-0.25, -0.2) is 0 Å². The van der Waals surface area contributed by atoms with Crippen LogP contribution in [0.5, 0.6) is 0 Å². The smallest absolute Gasteiger partial charge is 0.226 e. The number of rotatable bonds is 2. The van der Waals surface area contributed by atoms with Crippen molar-refractivity contribution in [3.8, 4) is 0 Å². The van der Waals surface area contributed by atoms with Gasteiger partial charge in [0.15, 0.2) is 0 Å². The topological polar surface area (TPSA) is 43.1 Å². The van der Waals surface area contributed by atoms with E-state index >= 15 is 0 Å². The van der Waals surface area contributed by atoms with E-state index in [9.17, 15) is 4.79 Å². The number of hydrogen-bond donors (Lipinski definition) is 1. The van der Waals surface area contributed by atoms with Crippen molar-refractivity contribution in [1.29, 1.82) is 0 Å². The van der Waals surface area contributed by atoms with Crippen LogP contribution in [0.3, 0.4) is 0 Å². The van der Waals surface area contributed by atoms with E-state index in [4.69, 9.17) is 5.73 Å². The molecule has 0 radical (unpaired) electrons. The van der Waals surface area contributed by atoms with Gasteiger partial charge in [-0.1, -0.05) is 12.2 Å². The zero-order valence-electron chi connectivity index (χ0n) is 6.14. The highest BCUT2D eigenvalue weighted by Gasteiger charge is 2.19. The Bertz CT molecular complexity index is 136. The van der Waals surface area contributed by atoms with E-state index in [1.165, 1.54) is 0 Å². The van der Waals surface area contributed by atoms with Crippen LogP contribution in [0.15, 0.2) is 12.2 Å². The highest BCUT2D eigenvalue weighted by atomic mass is 16.1. The first-order chi connectivity index (χ1) is 4.00. The molecule has 0 aliphatic rings. The first-order valence-corrected chi connectivity index (χ1v) is 2.94. The van der Waals surface area contributed by atoms with Crippen LogP contribution in [0.2, 0.25) is 0 Å². The Hall–Kier alpha value is -0.790. The molecule has 0 aromatic heterocycles. The van der Waals surface area contributed by atoms with Crippen LogP contribution >= 0.6 is 0 Å². The van der Waals surface area contributed by atoms with Gasteiger partial charge in [-0.3, -0.25) is 4.79 Å². The van der Waals surface area contributed by atoms with Gasteiger partial charge < -0.3 is 5.73 Å². The summed E-state index contributed by atoms with van der Waals surface area (Å²) in [6, 6.07) is 0. The first kappa shape index (κ1) is 8.21. The molecule has 0 rings (SSSR count). The lowest BCUT2D eigenvalue weighted by Gasteiger charge is -2.13. The van der Waals surface area contributed by atoms with Crippen LogP contribution in [-0.2, 0) is 4.79 Å². The third-order valence-corrected chi connectivity index (χ3v) is 1.22. The van der Waals surface area contributed by atoms with Crippen LogP contribution in [0, 0.1) is 5.41 Å². The number of allylic oxidation sites excluding steroid dienone is 1. The van der Waals surface area contributed by atoms with Crippen molar-refractivity contribution in [3.05, 3.63) is 12.2 Å². The van der Waals surface area contributed by atoms with Gasteiger partial charge >= 0.3 is 0 Å². The fourth-order valence-corrected chi connectivity index (χ4v) is 0.499. The summed E-state index contributed by atoms with van der Waals surface area (Å²) in [5.41, 5.74) is 4.57. The zero-order valence-corrected chi connectivity index (χ0v) is 6.14. The third kappa shape index (κ3) is 2.31. The molecule has 0 aliphatic heterocycles. The van der Waals surface area contributed by atoms with Crippen LogP contribution < -0.4 is 5.73 Å². The lowest BCUT2D eigenvalue weighted by molar-refractivity contribution is -0.123. The van der Waals surface area contributed by atoms with Gasteiger partial charge in [0.1, 0.15) is 0 Å². The predicted octanol–water partition coefficient (Wildman–Crippen LogP) is 1.07. The molecule has 2 nitrogen and oxygen atoms in total. The summed E-state index contributed by atoms with van der Waals surface area (Å²) in [4.78, 5) is 10.6. The maximum atomic E-state index is 10.6. The summed E-state index contributed by atoms with van der Waals surface area (Å²) in [6.07, 6.45) is 3.61. The largest absolute Gasteiger partial charge is 0.369 e. The van der Waals surface area contributed by atoms with Crippen molar-refractivity contribution in [2.24, 2.45) is 11.1 Å². The maximum Gasteiger partial charge on any atom is 0.226 e. The molecule has 0 atom stereocenters. The van der Waals surface area contributed by atoms with Crippen LogP contribution in [0.25, 0.3) is 0 Å². The Morgan fingerprint density at radius 1 is 1.56 bits per heavy atom. The molecule has 0 aromatic rings. The molecule has 0 unspecified atom stereocenters. The van der Waals surface area contributed by atoms with Gasteiger partial charge in [-0.2, -0.15) is 0 Å². The summed E-state index contributed by atoms with van der Waals surface area (Å²) in [7, 11) is 0. The Morgan fingerprint density at radius 2 is 2.00 bits per heavy atom. The molecule has 0 heterocycles. The van der Waals surface area contributed by atoms with Gasteiger partial charge in [0.25, 0.3) is 0 Å². The molecular formula is C7H13NO. The third-order valence-electron chi connectivity index (χ3n) is 1.22. The maximum absolute atomic E-state index is 10.6. The van der Waals surface area contributed by atoms with Crippen LogP contribution in [-0.4, -0.2) is 5.91 Å². The molecule has 0 saturated carbocycles. The number of nitrogens with two attached hydrogens (primary N) is 1. The van der Waals surface area contributed by atoms with Crippen molar-refractivity contribution in [1.82, 2.24) is 0 Å². The Labute approximate surface area is 55.7 Å². The Kier molecular flexibility index (Phi) is 2.43. The Morgan fingerprint density at radius 3 is 2.11 bits per heavy atom. The lowest BCUT2D eigenvalue weighted by Crippen LogP contribution is -2.29. The molecule has 1 amide bonds. The molecule has 0 aliphatic carbocycles. The van der Waals surface area contributed by atoms with Crippen LogP contribution in [0.4, 0.5) is 0 Å². The lowest BCUT2D eigenvalue weighted by atomic mass is 9.92. The van der Waals surface area contributed by atoms with E-state index in [2.05, 4.69) is 0 Å². The molecule has 0 fully saturated rings. The van der Waals surface area contributed by atoms with E-state index in [-0.39, 0.29) is 5.91 Å². The van der Waals surface area contributed by atoms with E-state index in [1.54, 1.807) is 19.9 Å². The minimum Gasteiger partial charge on any atom is -0.369 e. The summed E-state index contributed by atoms with van der Waals surface area (Å²) >= 11 is 0. The quantitative estimate of drug-likeness (QED) is 0.554. The van der Waals surface area contributed by atoms with Crippen molar-refractivity contribution < 1.29 is 4.79 Å². The van der Waals surface area contributed by atoms with Gasteiger partial charge in [0, 0.05) is 0 Å². The highest BCUT2D eigenvalue weighted by molar-refractivity contribution is 5.81. The fraction of sp³-hybridized carbons (Fsp3) is 0.571. The first-order valence-electron chi connectivity index (χ1n) is 2.94. The number of carbonyl (C=O) groups excluding carboxylic acids is 1. The van der Waals surface area contributed by atoms with Crippen molar-refractivity contribution in [3.63, 3.8) is 0 Å². The molecular weight excluding hydrogens is 114 g/mol. The summed E-state index contributed by atoms with van der Waals surface area (Å²) in [6.45, 7) is 5.44. The molecule has 0 bridgehead atoms. The summed E-state index contributed by atoms with van der Waals surface area (Å²) < 4.78 is 0. The second-order valence-electron chi connectivity index (χ2n) is 2.59. The second kappa shape index (κ2) is 2.67. The number of hydrogen-bond acceptors (Lipinski definition) is 1. The zero-order chi connectivity index (χ0) is 7.49. The molecule has 9 heavy (non-hydrogen) atoms. The average Bonchev–Trinajstić information content (AvgIpc) is 1.65. The molecule has 2 N–H and O–H groups in total. The van der Waals surface area contributed by atoms with E-state index in [0.29, 0.717) is 0 Å². The van der Waals surface area contributed by atoms with E-state index < -0.39 is 5.41 Å². The SMILES string of the molecule is C/C=C/C(C)(C)C(N)=O. The molecule has 0 spiro atoms. The van der Waals surface area contributed by atoms with Gasteiger partial charge in [-0.05, 0) is 20.8 Å². The minimum absolute atomic E-state index is 0.291. The molecule has 0 aromatic carbocycles. The van der Waals surface area contributed by atoms with Crippen LogP contribution in [0.1, 0.15) is 20.8 Å². The second-order valence-corrected chi connectivity index (χ2v) is 2.59. The van der Waals surface area contributed by atoms with E-state index in [1.807, 2.05) is 13.0 Å². The van der Waals surface area contributed by atoms with Gasteiger partial charge in [-0.15, -0.1) is 0 Å². The fourth-order valence-electron chi connectivity index (χ4n) is 0.499. The Balaban J connectivity index is 4.19. The molecule has 52 valence electrons. The van der Waals surface area contributed by atoms with E-state index in [0.717, 1.165) is 0 Å². The molecule has 2 heteroatoms. The van der Waals surface area contributed by atoms with Crippen molar-refractivity contribution >= 4 is 5.91 Å². The number of carbonyl (C=O) groups is 1. The minimum atomic E-state index is -0.491.